The van der Waals surface area contributed by atoms with Gasteiger partial charge in [-0.15, -0.1) is 0 Å². The van der Waals surface area contributed by atoms with Crippen molar-refractivity contribution in [2.75, 3.05) is 11.1 Å². The molecule has 29 heavy (non-hydrogen) atoms. The molecule has 0 atom stereocenters. The molecular formula is C16H9ClF6N6. The molecule has 0 spiro atoms. The molecule has 0 radical (unpaired) electrons. The Morgan fingerprint density at radius 1 is 0.897 bits per heavy atom. The summed E-state index contributed by atoms with van der Waals surface area (Å²) < 4.78 is 77.3. The number of nitrogen functional groups attached to an aromatic ring is 1. The van der Waals surface area contributed by atoms with Crippen LogP contribution in [0, 0.1) is 0 Å². The van der Waals surface area contributed by atoms with E-state index in [1.807, 2.05) is 0 Å². The fourth-order valence-corrected chi connectivity index (χ4v) is 2.49. The van der Waals surface area contributed by atoms with Gasteiger partial charge >= 0.3 is 12.4 Å². The van der Waals surface area contributed by atoms with Crippen molar-refractivity contribution in [3.8, 4) is 11.4 Å². The summed E-state index contributed by atoms with van der Waals surface area (Å²) in [6, 6.07) is 4.60. The molecule has 0 fully saturated rings. The summed E-state index contributed by atoms with van der Waals surface area (Å²) in [5.41, 5.74) is 3.21. The van der Waals surface area contributed by atoms with Crippen LogP contribution in [-0.2, 0) is 12.4 Å². The maximum Gasteiger partial charge on any atom is 0.433 e. The molecule has 13 heteroatoms. The van der Waals surface area contributed by atoms with E-state index in [2.05, 4.69) is 25.3 Å². The van der Waals surface area contributed by atoms with E-state index in [4.69, 9.17) is 17.3 Å². The van der Waals surface area contributed by atoms with Crippen LogP contribution in [0.1, 0.15) is 11.3 Å². The number of hydrogen-bond donors (Lipinski definition) is 2. The number of alkyl halides is 6. The van der Waals surface area contributed by atoms with Gasteiger partial charge in [0.2, 0.25) is 11.9 Å². The van der Waals surface area contributed by atoms with E-state index in [1.165, 1.54) is 12.1 Å². The summed E-state index contributed by atoms with van der Waals surface area (Å²) in [4.78, 5) is 14.6. The van der Waals surface area contributed by atoms with Crippen LogP contribution in [0.2, 0.25) is 5.02 Å². The van der Waals surface area contributed by atoms with Crippen LogP contribution >= 0.6 is 11.6 Å². The van der Waals surface area contributed by atoms with Gasteiger partial charge in [-0.1, -0.05) is 11.6 Å². The van der Waals surface area contributed by atoms with Gasteiger partial charge in [0.05, 0.1) is 5.56 Å². The molecule has 0 aliphatic rings. The average molecular weight is 435 g/mol. The molecule has 2 aromatic heterocycles. The van der Waals surface area contributed by atoms with E-state index >= 15 is 0 Å². The molecule has 0 aliphatic carbocycles. The van der Waals surface area contributed by atoms with Crippen molar-refractivity contribution in [3.05, 3.63) is 52.8 Å². The Bertz CT molecular complexity index is 1050. The van der Waals surface area contributed by atoms with Gasteiger partial charge in [-0.25, -0.2) is 0 Å². The minimum atomic E-state index is -4.67. The number of aromatic nitrogens is 4. The molecule has 0 unspecified atom stereocenters. The number of nitrogens with zero attached hydrogens (tertiary/aromatic N) is 4. The third kappa shape index (κ3) is 5.02. The van der Waals surface area contributed by atoms with E-state index in [9.17, 15) is 26.3 Å². The summed E-state index contributed by atoms with van der Waals surface area (Å²) in [6.07, 6.45) is -8.41. The lowest BCUT2D eigenvalue weighted by Gasteiger charge is -2.11. The molecule has 0 bridgehead atoms. The fourth-order valence-electron chi connectivity index (χ4n) is 2.25. The highest BCUT2D eigenvalue weighted by atomic mass is 35.5. The van der Waals surface area contributed by atoms with Gasteiger partial charge in [0.1, 0.15) is 5.69 Å². The first-order valence-electron chi connectivity index (χ1n) is 7.62. The van der Waals surface area contributed by atoms with Gasteiger partial charge < -0.3 is 11.1 Å². The first-order valence-corrected chi connectivity index (χ1v) is 7.99. The summed E-state index contributed by atoms with van der Waals surface area (Å²) in [5, 5.41) is 2.27. The van der Waals surface area contributed by atoms with Gasteiger partial charge in [-0.2, -0.15) is 41.3 Å². The Kier molecular flexibility index (Phi) is 5.22. The molecule has 3 aromatic rings. The van der Waals surface area contributed by atoms with E-state index in [-0.39, 0.29) is 34.0 Å². The Hall–Kier alpha value is -3.15. The minimum absolute atomic E-state index is 0.0639. The van der Waals surface area contributed by atoms with Crippen molar-refractivity contribution in [2.24, 2.45) is 0 Å². The Balaban J connectivity index is 1.99. The van der Waals surface area contributed by atoms with Gasteiger partial charge in [-0.3, -0.25) is 4.98 Å². The normalized spacial score (nSPS) is 12.1. The maximum atomic E-state index is 13.0. The zero-order valence-corrected chi connectivity index (χ0v) is 14.7. The lowest BCUT2D eigenvalue weighted by Crippen LogP contribution is -2.09. The summed E-state index contributed by atoms with van der Waals surface area (Å²) in [5.74, 6) is -0.894. The Morgan fingerprint density at radius 2 is 1.62 bits per heavy atom. The van der Waals surface area contributed by atoms with Crippen LogP contribution in [0.25, 0.3) is 11.4 Å². The van der Waals surface area contributed by atoms with Crippen molar-refractivity contribution in [3.63, 3.8) is 0 Å². The largest absolute Gasteiger partial charge is 0.433 e. The topological polar surface area (TPSA) is 89.6 Å². The molecule has 0 amide bonds. The number of benzene rings is 1. The third-order valence-electron chi connectivity index (χ3n) is 3.44. The minimum Gasteiger partial charge on any atom is -0.368 e. The molecular weight excluding hydrogens is 426 g/mol. The van der Waals surface area contributed by atoms with Crippen molar-refractivity contribution in [2.45, 2.75) is 12.4 Å². The smallest absolute Gasteiger partial charge is 0.368 e. The molecule has 1 aromatic carbocycles. The van der Waals surface area contributed by atoms with Crippen LogP contribution in [-0.4, -0.2) is 19.9 Å². The molecule has 0 saturated carbocycles. The van der Waals surface area contributed by atoms with Gasteiger partial charge in [0.15, 0.2) is 5.82 Å². The second-order valence-corrected chi connectivity index (χ2v) is 6.06. The van der Waals surface area contributed by atoms with E-state index in [0.29, 0.717) is 6.07 Å². The monoisotopic (exact) mass is 434 g/mol. The maximum absolute atomic E-state index is 13.0. The predicted molar refractivity (Wildman–Crippen MR) is 92.2 cm³/mol. The lowest BCUT2D eigenvalue weighted by molar-refractivity contribution is -0.141. The Labute approximate surface area is 163 Å². The summed E-state index contributed by atoms with van der Waals surface area (Å²) in [6.45, 7) is 0. The number of halogens is 7. The Morgan fingerprint density at radius 3 is 2.28 bits per heavy atom. The third-order valence-corrected chi connectivity index (χ3v) is 3.66. The van der Waals surface area contributed by atoms with Gasteiger partial charge in [0.25, 0.3) is 0 Å². The SMILES string of the molecule is Nc1nc(Nc2ccnc(C(F)(F)F)c2)nc(-c2cc(Cl)cc(C(F)(F)F)c2)n1. The molecule has 152 valence electrons. The van der Waals surface area contributed by atoms with Crippen LogP contribution in [0.3, 0.4) is 0 Å². The van der Waals surface area contributed by atoms with Crippen LogP contribution < -0.4 is 11.1 Å². The summed E-state index contributed by atoms with van der Waals surface area (Å²) >= 11 is 5.74. The predicted octanol–water partition coefficient (Wildman–Crippen LogP) is 4.95. The van der Waals surface area contributed by atoms with E-state index < -0.39 is 23.6 Å². The number of hydrogen-bond acceptors (Lipinski definition) is 6. The molecule has 3 N–H and O–H groups in total. The first kappa shape index (κ1) is 20.6. The number of anilines is 3. The zero-order chi connectivity index (χ0) is 21.4. The van der Waals surface area contributed by atoms with Crippen LogP contribution in [0.15, 0.2) is 36.5 Å². The first-order chi connectivity index (χ1) is 13.4. The number of rotatable bonds is 3. The average Bonchev–Trinajstić information content (AvgIpc) is 2.59. The van der Waals surface area contributed by atoms with Crippen molar-refractivity contribution < 1.29 is 26.3 Å². The van der Waals surface area contributed by atoms with Gasteiger partial charge in [-0.05, 0) is 30.3 Å². The van der Waals surface area contributed by atoms with Crippen LogP contribution in [0.4, 0.5) is 43.9 Å². The molecule has 0 aliphatic heterocycles. The van der Waals surface area contributed by atoms with Crippen LogP contribution in [0.5, 0.6) is 0 Å². The lowest BCUT2D eigenvalue weighted by atomic mass is 10.1. The van der Waals surface area contributed by atoms with Crippen molar-refractivity contribution in [1.82, 2.24) is 19.9 Å². The number of nitrogens with one attached hydrogen (secondary N) is 1. The number of pyridine rings is 1. The van der Waals surface area contributed by atoms with Crippen molar-refractivity contribution in [1.29, 1.82) is 0 Å². The van der Waals surface area contributed by atoms with Gasteiger partial charge in [0, 0.05) is 22.5 Å². The highest BCUT2D eigenvalue weighted by Crippen LogP contribution is 2.34. The molecule has 2 heterocycles. The van der Waals surface area contributed by atoms with E-state index in [0.717, 1.165) is 18.3 Å². The molecule has 0 saturated heterocycles. The fraction of sp³-hybridized carbons (Fsp3) is 0.125. The molecule has 3 rings (SSSR count). The second kappa shape index (κ2) is 7.35. The second-order valence-electron chi connectivity index (χ2n) is 5.62. The highest BCUT2D eigenvalue weighted by Gasteiger charge is 2.33. The number of nitrogens with two attached hydrogens (primary N) is 1. The quantitative estimate of drug-likeness (QED) is 0.567. The molecule has 6 nitrogen and oxygen atoms in total. The van der Waals surface area contributed by atoms with Crippen molar-refractivity contribution >= 4 is 29.2 Å². The highest BCUT2D eigenvalue weighted by molar-refractivity contribution is 6.30. The summed E-state index contributed by atoms with van der Waals surface area (Å²) in [7, 11) is 0. The standard InChI is InChI=1S/C16H9ClF6N6/c17-9-4-7(3-8(5-9)15(18,19)20)12-27-13(24)29-14(28-12)26-10-1-2-25-11(6-10)16(21,22)23/h1-6H,(H3,24,25,26,27,28,29). The van der Waals surface area contributed by atoms with E-state index in [1.54, 1.807) is 0 Å². The zero-order valence-electron chi connectivity index (χ0n) is 14.0.